The molecule has 1 aromatic heterocycles. The van der Waals surface area contributed by atoms with Gasteiger partial charge in [-0.15, -0.1) is 0 Å². The van der Waals surface area contributed by atoms with Crippen LogP contribution in [0.4, 0.5) is 0 Å². The Labute approximate surface area is 248 Å². The second-order valence-electron chi connectivity index (χ2n) is 10.1. The van der Waals surface area contributed by atoms with E-state index in [1.165, 1.54) is 54.7 Å². The van der Waals surface area contributed by atoms with Crippen LogP contribution in [0.15, 0.2) is 152 Å². The van der Waals surface area contributed by atoms with Gasteiger partial charge in [0, 0.05) is 16.8 Å². The fourth-order valence-electron chi connectivity index (χ4n) is 5.98. The van der Waals surface area contributed by atoms with Crippen LogP contribution in [0.3, 0.4) is 0 Å². The topological polar surface area (TPSA) is 4.93 Å². The minimum atomic E-state index is 1.15. The van der Waals surface area contributed by atoms with Gasteiger partial charge in [-0.2, -0.15) is 0 Å². The van der Waals surface area contributed by atoms with E-state index >= 15 is 0 Å². The first-order chi connectivity index (χ1) is 20.8. The number of para-hydroxylation sites is 1. The van der Waals surface area contributed by atoms with E-state index < -0.39 is 0 Å². The van der Waals surface area contributed by atoms with E-state index in [-0.39, 0.29) is 0 Å². The molecule has 0 N–H and O–H groups in total. The third-order valence-corrected chi connectivity index (χ3v) is 7.72. The van der Waals surface area contributed by atoms with Crippen LogP contribution in [0.5, 0.6) is 0 Å². The summed E-state index contributed by atoms with van der Waals surface area (Å²) in [7, 11) is 0. The average molecular weight is 542 g/mol. The molecule has 0 amide bonds. The number of nitrogens with zero attached hydrogens (tertiary/aromatic N) is 1. The summed E-state index contributed by atoms with van der Waals surface area (Å²) in [6.07, 6.45) is 8.40. The van der Waals surface area contributed by atoms with E-state index in [9.17, 15) is 0 Å². The molecule has 0 aliphatic rings. The van der Waals surface area contributed by atoms with Crippen molar-refractivity contribution in [2.24, 2.45) is 0 Å². The highest BCUT2D eigenvalue weighted by Crippen LogP contribution is 2.43. The highest BCUT2D eigenvalue weighted by Gasteiger charge is 2.16. The maximum atomic E-state index is 2.34. The quantitative estimate of drug-likeness (QED) is 0.151. The molecular weight excluding hydrogens is 506 g/mol. The Morgan fingerprint density at radius 2 is 1.00 bits per heavy atom. The van der Waals surface area contributed by atoms with Crippen LogP contribution in [0, 0.1) is 0 Å². The number of hydrogen-bond acceptors (Lipinski definition) is 0. The first-order valence-electron chi connectivity index (χ1n) is 14.8. The molecule has 204 valence electrons. The fourth-order valence-corrected chi connectivity index (χ4v) is 5.98. The van der Waals surface area contributed by atoms with Crippen LogP contribution in [-0.2, 0) is 0 Å². The Morgan fingerprint density at radius 3 is 1.57 bits per heavy atom. The van der Waals surface area contributed by atoms with Crippen LogP contribution >= 0.6 is 0 Å². The summed E-state index contributed by atoms with van der Waals surface area (Å²) < 4.78 is 2.34. The van der Waals surface area contributed by atoms with Crippen molar-refractivity contribution in [1.82, 2.24) is 4.57 Å². The number of allylic oxidation sites excluding steroid dienone is 3. The molecule has 0 bridgehead atoms. The SMILES string of the molecule is C/C=C\C=C/c1cc2ccccc2n1-c1ccc(-c2c3ccccc3c(-c3ccccc3)c3ccccc23)cc1.CC. The maximum Gasteiger partial charge on any atom is 0.0534 e. The van der Waals surface area contributed by atoms with E-state index in [1.807, 2.05) is 20.8 Å². The van der Waals surface area contributed by atoms with Gasteiger partial charge >= 0.3 is 0 Å². The monoisotopic (exact) mass is 541 g/mol. The molecule has 0 spiro atoms. The lowest BCUT2D eigenvalue weighted by molar-refractivity contribution is 1.11. The molecule has 0 fully saturated rings. The predicted molar refractivity (Wildman–Crippen MR) is 184 cm³/mol. The average Bonchev–Trinajstić information content (AvgIpc) is 3.43. The zero-order valence-corrected chi connectivity index (χ0v) is 24.5. The van der Waals surface area contributed by atoms with Gasteiger partial charge in [-0.3, -0.25) is 0 Å². The van der Waals surface area contributed by atoms with Crippen molar-refractivity contribution in [3.63, 3.8) is 0 Å². The van der Waals surface area contributed by atoms with Crippen molar-refractivity contribution in [3.8, 4) is 27.9 Å². The Balaban J connectivity index is 0.00000155. The molecule has 42 heavy (non-hydrogen) atoms. The molecule has 1 heterocycles. The third kappa shape index (κ3) is 4.84. The van der Waals surface area contributed by atoms with E-state index in [4.69, 9.17) is 0 Å². The minimum Gasteiger partial charge on any atom is -0.310 e. The summed E-state index contributed by atoms with van der Waals surface area (Å²) in [5.41, 5.74) is 8.56. The van der Waals surface area contributed by atoms with Gasteiger partial charge in [0.15, 0.2) is 0 Å². The van der Waals surface area contributed by atoms with Crippen molar-refractivity contribution < 1.29 is 0 Å². The molecule has 0 aliphatic heterocycles. The van der Waals surface area contributed by atoms with Gasteiger partial charge in [-0.1, -0.05) is 141 Å². The molecule has 0 saturated carbocycles. The number of hydrogen-bond donors (Lipinski definition) is 0. The number of benzene rings is 6. The Morgan fingerprint density at radius 1 is 0.500 bits per heavy atom. The summed E-state index contributed by atoms with van der Waals surface area (Å²) in [5, 5.41) is 6.34. The van der Waals surface area contributed by atoms with Gasteiger partial charge in [0.2, 0.25) is 0 Å². The molecule has 0 atom stereocenters. The van der Waals surface area contributed by atoms with Gasteiger partial charge < -0.3 is 4.57 Å². The van der Waals surface area contributed by atoms with Crippen molar-refractivity contribution in [2.45, 2.75) is 20.8 Å². The first kappa shape index (κ1) is 27.1. The van der Waals surface area contributed by atoms with Crippen LogP contribution in [0.1, 0.15) is 26.5 Å². The van der Waals surface area contributed by atoms with Crippen LogP contribution < -0.4 is 0 Å². The standard InChI is InChI=1S/C39H29N.C2H6/c1-2-3-5-17-32-27-30-16-8-13-22-37(30)40(32)31-25-23-29(24-26-31)39-35-20-11-9-18-33(35)38(28-14-6-4-7-15-28)34-19-10-12-21-36(34)39;1-2/h2-27H,1H3;1-2H3/b3-2-,17-5-;. The summed E-state index contributed by atoms with van der Waals surface area (Å²) >= 11 is 0. The zero-order chi connectivity index (χ0) is 28.9. The van der Waals surface area contributed by atoms with Crippen LogP contribution in [-0.4, -0.2) is 4.57 Å². The molecule has 1 heteroatoms. The number of fused-ring (bicyclic) bond motifs is 3. The molecule has 0 saturated heterocycles. The lowest BCUT2D eigenvalue weighted by Gasteiger charge is -2.18. The lowest BCUT2D eigenvalue weighted by atomic mass is 9.86. The molecule has 0 radical (unpaired) electrons. The van der Waals surface area contributed by atoms with Crippen LogP contribution in [0.25, 0.3) is 66.5 Å². The second kappa shape index (κ2) is 12.2. The molecular formula is C41H35N. The largest absolute Gasteiger partial charge is 0.310 e. The van der Waals surface area contributed by atoms with E-state index in [0.29, 0.717) is 0 Å². The molecule has 7 aromatic rings. The Bertz CT molecular complexity index is 1980. The first-order valence-corrected chi connectivity index (χ1v) is 14.8. The van der Waals surface area contributed by atoms with Gasteiger partial charge in [0.1, 0.15) is 0 Å². The highest BCUT2D eigenvalue weighted by atomic mass is 15.0. The molecule has 1 nitrogen and oxygen atoms in total. The number of rotatable bonds is 5. The van der Waals surface area contributed by atoms with Crippen molar-refractivity contribution in [2.75, 3.05) is 0 Å². The Hall–Kier alpha value is -5.14. The van der Waals surface area contributed by atoms with Crippen LogP contribution in [0.2, 0.25) is 0 Å². The fraction of sp³-hybridized carbons (Fsp3) is 0.0732. The summed E-state index contributed by atoms with van der Waals surface area (Å²) in [4.78, 5) is 0. The van der Waals surface area contributed by atoms with Gasteiger partial charge in [0.05, 0.1) is 5.52 Å². The minimum absolute atomic E-state index is 1.15. The van der Waals surface area contributed by atoms with Gasteiger partial charge in [-0.25, -0.2) is 0 Å². The van der Waals surface area contributed by atoms with Gasteiger partial charge in [0.25, 0.3) is 0 Å². The van der Waals surface area contributed by atoms with Crippen molar-refractivity contribution in [1.29, 1.82) is 0 Å². The zero-order valence-electron chi connectivity index (χ0n) is 24.5. The molecule has 0 aliphatic carbocycles. The van der Waals surface area contributed by atoms with Crippen molar-refractivity contribution in [3.05, 3.63) is 157 Å². The number of aromatic nitrogens is 1. The predicted octanol–water partition coefficient (Wildman–Crippen LogP) is 11.9. The molecule has 6 aromatic carbocycles. The van der Waals surface area contributed by atoms with Crippen molar-refractivity contribution >= 4 is 38.5 Å². The molecule has 7 rings (SSSR count). The maximum absolute atomic E-state index is 2.34. The molecule has 0 unspecified atom stereocenters. The summed E-state index contributed by atoms with van der Waals surface area (Å²) in [6, 6.07) is 48.3. The van der Waals surface area contributed by atoms with E-state index in [2.05, 4.69) is 162 Å². The lowest BCUT2D eigenvalue weighted by Crippen LogP contribution is -1.96. The second-order valence-corrected chi connectivity index (χ2v) is 10.1. The summed E-state index contributed by atoms with van der Waals surface area (Å²) in [6.45, 7) is 6.04. The van der Waals surface area contributed by atoms with E-state index in [0.717, 1.165) is 11.4 Å². The van der Waals surface area contributed by atoms with E-state index in [1.54, 1.807) is 0 Å². The van der Waals surface area contributed by atoms with Gasteiger partial charge in [-0.05, 0) is 81.1 Å². The summed E-state index contributed by atoms with van der Waals surface area (Å²) in [5.74, 6) is 0. The Kier molecular flexibility index (Phi) is 7.83. The smallest absolute Gasteiger partial charge is 0.0534 e. The highest BCUT2D eigenvalue weighted by molar-refractivity contribution is 6.21. The normalized spacial score (nSPS) is 11.5. The third-order valence-electron chi connectivity index (χ3n) is 7.72.